The number of methoxy groups -OCH3 is 1. The Hall–Kier alpha value is -3.94. The molecule has 0 saturated heterocycles. The van der Waals surface area contributed by atoms with Crippen molar-refractivity contribution < 1.29 is 74.0 Å². The molecule has 3 N–H and O–H groups in total. The number of rotatable bonds is 4. The van der Waals surface area contributed by atoms with Gasteiger partial charge in [0, 0.05) is 63.4 Å². The molecule has 232 valence electrons. The number of nitrogens with zero attached hydrogens (tertiary/aromatic N) is 4. The molecule has 1 unspecified atom stereocenters. The van der Waals surface area contributed by atoms with Crippen molar-refractivity contribution in [1.82, 2.24) is 19.7 Å². The van der Waals surface area contributed by atoms with Crippen LogP contribution in [0.25, 0.3) is 0 Å². The zero-order valence-corrected chi connectivity index (χ0v) is 21.0. The monoisotopic (exact) mass is 614 g/mol. The third-order valence-corrected chi connectivity index (χ3v) is 4.55. The molecule has 41 heavy (non-hydrogen) atoms. The van der Waals surface area contributed by atoms with Gasteiger partial charge in [-0.05, 0) is 11.6 Å². The Morgan fingerprint density at radius 3 is 1.76 bits per heavy atom. The van der Waals surface area contributed by atoms with Crippen molar-refractivity contribution in [3.63, 3.8) is 0 Å². The molecule has 1 aliphatic heterocycles. The van der Waals surface area contributed by atoms with Crippen molar-refractivity contribution in [2.75, 3.05) is 20.3 Å². The first-order valence-electron chi connectivity index (χ1n) is 10.6. The number of pyridine rings is 1. The Bertz CT molecular complexity index is 1060. The Morgan fingerprint density at radius 2 is 1.39 bits per heavy atom. The van der Waals surface area contributed by atoms with E-state index in [0.717, 1.165) is 26.2 Å². The van der Waals surface area contributed by atoms with Gasteiger partial charge >= 0.3 is 36.4 Å². The summed E-state index contributed by atoms with van der Waals surface area (Å²) in [5, 5.41) is 25.8. The standard InChI is InChI=1S/C15H20N4O.3C2HF3O2/c1-18-15-13(7-17-18)9-19(10-14(15)11-20-2)8-12-4-3-5-16-6-12;3*3-2(4,5)1(6)7/h3-7,14H,8-11H2,1-2H3;3*(H,6,7). The van der Waals surface area contributed by atoms with Gasteiger partial charge in [-0.2, -0.15) is 44.6 Å². The van der Waals surface area contributed by atoms with Crippen LogP contribution >= 0.6 is 0 Å². The van der Waals surface area contributed by atoms with Gasteiger partial charge in [-0.1, -0.05) is 6.07 Å². The van der Waals surface area contributed by atoms with Gasteiger partial charge in [-0.15, -0.1) is 0 Å². The Kier molecular flexibility index (Phi) is 14.2. The quantitative estimate of drug-likeness (QED) is 0.436. The van der Waals surface area contributed by atoms with Gasteiger partial charge in [0.1, 0.15) is 0 Å². The van der Waals surface area contributed by atoms with Gasteiger partial charge in [0.15, 0.2) is 0 Å². The predicted octanol–water partition coefficient (Wildman–Crippen LogP) is 3.46. The minimum Gasteiger partial charge on any atom is -0.475 e. The Morgan fingerprint density at radius 1 is 0.927 bits per heavy atom. The summed E-state index contributed by atoms with van der Waals surface area (Å²) in [5.74, 6) is -7.89. The highest BCUT2D eigenvalue weighted by Gasteiger charge is 2.39. The number of alkyl halides is 9. The number of aromatic nitrogens is 3. The summed E-state index contributed by atoms with van der Waals surface area (Å²) in [7, 11) is 3.77. The van der Waals surface area contributed by atoms with Gasteiger partial charge in [0.05, 0.1) is 12.8 Å². The fourth-order valence-corrected chi connectivity index (χ4v) is 3.05. The SMILES string of the molecule is COCC1CN(Cc2cccnc2)Cc2cnn(C)c21.O=C(O)C(F)(F)F.O=C(O)C(F)(F)F.O=C(O)C(F)(F)F. The lowest BCUT2D eigenvalue weighted by Gasteiger charge is -2.32. The van der Waals surface area contributed by atoms with E-state index in [0.29, 0.717) is 5.92 Å². The molecule has 2 aromatic heterocycles. The molecule has 0 amide bonds. The zero-order chi connectivity index (χ0) is 32.2. The number of halogens is 9. The van der Waals surface area contributed by atoms with Crippen molar-refractivity contribution in [1.29, 1.82) is 0 Å². The number of hydrogen-bond donors (Lipinski definition) is 3. The summed E-state index contributed by atoms with van der Waals surface area (Å²) in [6.07, 6.45) is -9.52. The number of carboxylic acids is 3. The minimum absolute atomic E-state index is 0.382. The van der Waals surface area contributed by atoms with E-state index in [9.17, 15) is 39.5 Å². The van der Waals surface area contributed by atoms with Crippen LogP contribution in [0.1, 0.15) is 22.7 Å². The second kappa shape index (κ2) is 15.7. The van der Waals surface area contributed by atoms with Gasteiger partial charge < -0.3 is 20.1 Å². The van der Waals surface area contributed by atoms with Crippen LogP contribution in [0.15, 0.2) is 30.7 Å². The molecule has 0 aromatic carbocycles. The summed E-state index contributed by atoms with van der Waals surface area (Å²) >= 11 is 0. The highest BCUT2D eigenvalue weighted by atomic mass is 19.4. The Labute approximate surface area is 224 Å². The first kappa shape index (κ1) is 37.1. The first-order chi connectivity index (χ1) is 18.6. The average molecular weight is 614 g/mol. The van der Waals surface area contributed by atoms with Crippen molar-refractivity contribution >= 4 is 17.9 Å². The van der Waals surface area contributed by atoms with E-state index in [-0.39, 0.29) is 0 Å². The minimum atomic E-state index is -5.08. The number of ether oxygens (including phenoxy) is 1. The third kappa shape index (κ3) is 14.3. The molecule has 2 aromatic rings. The number of aryl methyl sites for hydroxylation is 1. The van der Waals surface area contributed by atoms with Crippen LogP contribution < -0.4 is 0 Å². The van der Waals surface area contributed by atoms with Crippen LogP contribution in [0.2, 0.25) is 0 Å². The van der Waals surface area contributed by atoms with E-state index in [1.165, 1.54) is 16.8 Å². The second-order valence-corrected chi connectivity index (χ2v) is 7.77. The second-order valence-electron chi connectivity index (χ2n) is 7.77. The summed E-state index contributed by atoms with van der Waals surface area (Å²) in [5.41, 5.74) is 3.87. The first-order valence-corrected chi connectivity index (χ1v) is 10.6. The summed E-state index contributed by atoms with van der Waals surface area (Å²) in [4.78, 5) is 33.3. The van der Waals surface area contributed by atoms with Crippen molar-refractivity contribution in [2.24, 2.45) is 7.05 Å². The molecular weight excluding hydrogens is 591 g/mol. The van der Waals surface area contributed by atoms with Crippen LogP contribution in [-0.2, 0) is 39.3 Å². The molecule has 0 radical (unpaired) electrons. The summed E-state index contributed by atoms with van der Waals surface area (Å²) in [6.45, 7) is 3.59. The number of carboxylic acid groups (broad SMARTS) is 3. The molecule has 3 heterocycles. The number of aliphatic carboxylic acids is 3. The molecular formula is C21H23F9N4O7. The van der Waals surface area contributed by atoms with Crippen LogP contribution in [-0.4, -0.2) is 91.7 Å². The Balaban J connectivity index is 0.000000631. The van der Waals surface area contributed by atoms with Crippen LogP contribution in [0.3, 0.4) is 0 Å². The normalized spacial score (nSPS) is 15.0. The molecule has 11 nitrogen and oxygen atoms in total. The highest BCUT2D eigenvalue weighted by molar-refractivity contribution is 5.73. The maximum absolute atomic E-state index is 10.6. The molecule has 1 atom stereocenters. The number of carbonyl (C=O) groups is 3. The maximum atomic E-state index is 10.6. The van der Waals surface area contributed by atoms with Gasteiger partial charge in [0.25, 0.3) is 0 Å². The molecule has 3 rings (SSSR count). The lowest BCUT2D eigenvalue weighted by molar-refractivity contribution is -0.193. The molecule has 0 aliphatic carbocycles. The lowest BCUT2D eigenvalue weighted by atomic mass is 9.96. The molecule has 0 saturated carbocycles. The van der Waals surface area contributed by atoms with E-state index in [1.54, 1.807) is 7.11 Å². The van der Waals surface area contributed by atoms with Crippen molar-refractivity contribution in [3.8, 4) is 0 Å². The predicted molar refractivity (Wildman–Crippen MR) is 117 cm³/mol. The smallest absolute Gasteiger partial charge is 0.475 e. The molecule has 20 heteroatoms. The van der Waals surface area contributed by atoms with E-state index in [2.05, 4.69) is 21.0 Å². The van der Waals surface area contributed by atoms with Crippen molar-refractivity contribution in [2.45, 2.75) is 37.5 Å². The van der Waals surface area contributed by atoms with E-state index >= 15 is 0 Å². The topological polar surface area (TPSA) is 155 Å². The highest BCUT2D eigenvalue weighted by Crippen LogP contribution is 2.29. The fourth-order valence-electron chi connectivity index (χ4n) is 3.05. The molecule has 0 bridgehead atoms. The summed E-state index contributed by atoms with van der Waals surface area (Å²) in [6, 6.07) is 4.11. The number of hydrogen-bond acceptors (Lipinski definition) is 7. The van der Waals surface area contributed by atoms with E-state index in [1.807, 2.05) is 36.4 Å². The third-order valence-electron chi connectivity index (χ3n) is 4.55. The summed E-state index contributed by atoms with van der Waals surface area (Å²) < 4.78 is 103. The maximum Gasteiger partial charge on any atom is 0.490 e. The van der Waals surface area contributed by atoms with E-state index in [4.69, 9.17) is 34.4 Å². The average Bonchev–Trinajstić information content (AvgIpc) is 3.20. The van der Waals surface area contributed by atoms with Crippen LogP contribution in [0.4, 0.5) is 39.5 Å². The lowest BCUT2D eigenvalue weighted by Crippen LogP contribution is -2.35. The van der Waals surface area contributed by atoms with Gasteiger partial charge in [0.2, 0.25) is 0 Å². The molecule has 1 aliphatic rings. The van der Waals surface area contributed by atoms with Crippen molar-refractivity contribution in [3.05, 3.63) is 47.5 Å². The van der Waals surface area contributed by atoms with E-state index < -0.39 is 36.4 Å². The fraction of sp³-hybridized carbons (Fsp3) is 0.476. The molecule has 0 spiro atoms. The largest absolute Gasteiger partial charge is 0.490 e. The van der Waals surface area contributed by atoms with Gasteiger partial charge in [-0.25, -0.2) is 14.4 Å². The zero-order valence-electron chi connectivity index (χ0n) is 21.0. The van der Waals surface area contributed by atoms with Crippen LogP contribution in [0.5, 0.6) is 0 Å². The van der Waals surface area contributed by atoms with Crippen LogP contribution in [0, 0.1) is 0 Å². The number of fused-ring (bicyclic) bond motifs is 1. The van der Waals surface area contributed by atoms with Gasteiger partial charge in [-0.3, -0.25) is 14.6 Å². The molecule has 0 fully saturated rings.